The number of rotatable bonds is 2. The zero-order valence-electron chi connectivity index (χ0n) is 10.1. The number of alkyl halides is 1. The molecule has 2 rings (SSSR count). The van der Waals surface area contributed by atoms with Crippen LogP contribution in [0.2, 0.25) is 0 Å². The van der Waals surface area contributed by atoms with E-state index < -0.39 is 0 Å². The van der Waals surface area contributed by atoms with E-state index in [1.807, 2.05) is 12.1 Å². The maximum absolute atomic E-state index is 5.45. The van der Waals surface area contributed by atoms with Gasteiger partial charge in [-0.05, 0) is 24.0 Å². The van der Waals surface area contributed by atoms with Crippen molar-refractivity contribution in [2.45, 2.75) is 24.6 Å². The third-order valence-corrected chi connectivity index (χ3v) is 4.92. The van der Waals surface area contributed by atoms with Crippen LogP contribution in [0.5, 0.6) is 11.5 Å². The molecule has 1 aromatic carbocycles. The summed E-state index contributed by atoms with van der Waals surface area (Å²) in [7, 11) is 3.44. The maximum Gasteiger partial charge on any atom is 0.123 e. The molecule has 16 heavy (non-hydrogen) atoms. The number of halogens is 1. The Kier molecular flexibility index (Phi) is 3.15. The molecular formula is C13H17BrO2. The molecule has 0 heterocycles. The molecule has 0 spiro atoms. The van der Waals surface area contributed by atoms with Gasteiger partial charge in [-0.25, -0.2) is 0 Å². The minimum atomic E-state index is 0.350. The normalized spacial score (nSPS) is 27.7. The summed E-state index contributed by atoms with van der Waals surface area (Å²) in [6.07, 6.45) is 0. The van der Waals surface area contributed by atoms with E-state index in [1.54, 1.807) is 14.2 Å². The fourth-order valence-corrected chi connectivity index (χ4v) is 3.42. The number of benzene rings is 1. The topological polar surface area (TPSA) is 18.5 Å². The quantitative estimate of drug-likeness (QED) is 0.767. The first-order chi connectivity index (χ1) is 7.61. The summed E-state index contributed by atoms with van der Waals surface area (Å²) in [5.41, 5.74) is 2.54. The third-order valence-electron chi connectivity index (χ3n) is 3.63. The number of fused-ring (bicyclic) bond motifs is 1. The highest BCUT2D eigenvalue weighted by Crippen LogP contribution is 2.55. The van der Waals surface area contributed by atoms with Crippen LogP contribution in [0, 0.1) is 5.92 Å². The van der Waals surface area contributed by atoms with Crippen LogP contribution in [-0.2, 0) is 0 Å². The van der Waals surface area contributed by atoms with Crippen molar-refractivity contribution in [2.75, 3.05) is 14.2 Å². The van der Waals surface area contributed by atoms with E-state index in [1.165, 1.54) is 11.1 Å². The van der Waals surface area contributed by atoms with E-state index in [-0.39, 0.29) is 0 Å². The van der Waals surface area contributed by atoms with Crippen molar-refractivity contribution in [1.29, 1.82) is 0 Å². The number of ether oxygens (including phenoxy) is 2. The summed E-state index contributed by atoms with van der Waals surface area (Å²) in [6, 6.07) is 3.97. The van der Waals surface area contributed by atoms with Crippen LogP contribution in [0.3, 0.4) is 0 Å². The van der Waals surface area contributed by atoms with Gasteiger partial charge in [0.05, 0.1) is 14.2 Å². The molecule has 0 aliphatic heterocycles. The SMILES string of the molecule is COc1ccc(OC)c2c1C(C)C(C)C2Br. The van der Waals surface area contributed by atoms with Crippen LogP contribution >= 0.6 is 15.9 Å². The Bertz CT molecular complexity index is 366. The van der Waals surface area contributed by atoms with E-state index in [4.69, 9.17) is 9.47 Å². The molecule has 1 aliphatic carbocycles. The lowest BCUT2D eigenvalue weighted by Gasteiger charge is -2.14. The summed E-state index contributed by atoms with van der Waals surface area (Å²) in [4.78, 5) is 0.350. The van der Waals surface area contributed by atoms with Gasteiger partial charge in [0.2, 0.25) is 0 Å². The molecule has 3 heteroatoms. The van der Waals surface area contributed by atoms with Crippen LogP contribution in [-0.4, -0.2) is 14.2 Å². The Hall–Kier alpha value is -0.700. The van der Waals surface area contributed by atoms with Crippen LogP contribution in [0.4, 0.5) is 0 Å². The van der Waals surface area contributed by atoms with Gasteiger partial charge in [-0.1, -0.05) is 29.8 Å². The zero-order chi connectivity index (χ0) is 11.9. The van der Waals surface area contributed by atoms with Crippen LogP contribution < -0.4 is 9.47 Å². The van der Waals surface area contributed by atoms with Gasteiger partial charge in [0.15, 0.2) is 0 Å². The second kappa shape index (κ2) is 4.28. The highest BCUT2D eigenvalue weighted by atomic mass is 79.9. The predicted octanol–water partition coefficient (Wildman–Crippen LogP) is 3.89. The molecule has 0 radical (unpaired) electrons. The highest BCUT2D eigenvalue weighted by Gasteiger charge is 2.38. The number of methoxy groups -OCH3 is 2. The lowest BCUT2D eigenvalue weighted by Crippen LogP contribution is -2.00. The van der Waals surface area contributed by atoms with E-state index in [0.29, 0.717) is 16.7 Å². The van der Waals surface area contributed by atoms with Gasteiger partial charge >= 0.3 is 0 Å². The summed E-state index contributed by atoms with van der Waals surface area (Å²) < 4.78 is 10.9. The first-order valence-corrected chi connectivity index (χ1v) is 6.42. The Morgan fingerprint density at radius 1 is 1.00 bits per heavy atom. The number of hydrogen-bond acceptors (Lipinski definition) is 2. The minimum absolute atomic E-state index is 0.350. The first-order valence-electron chi connectivity index (χ1n) is 5.50. The van der Waals surface area contributed by atoms with Gasteiger partial charge in [0.25, 0.3) is 0 Å². The summed E-state index contributed by atoms with van der Waals surface area (Å²) in [5.74, 6) is 2.97. The third kappa shape index (κ3) is 1.53. The fraction of sp³-hybridized carbons (Fsp3) is 0.538. The average Bonchev–Trinajstić information content (AvgIpc) is 2.54. The summed E-state index contributed by atoms with van der Waals surface area (Å²) >= 11 is 3.76. The van der Waals surface area contributed by atoms with Gasteiger partial charge < -0.3 is 9.47 Å². The summed E-state index contributed by atoms with van der Waals surface area (Å²) in [5, 5.41) is 0. The monoisotopic (exact) mass is 284 g/mol. The smallest absolute Gasteiger partial charge is 0.123 e. The highest BCUT2D eigenvalue weighted by molar-refractivity contribution is 9.09. The van der Waals surface area contributed by atoms with E-state index in [2.05, 4.69) is 29.8 Å². The van der Waals surface area contributed by atoms with Crippen molar-refractivity contribution in [3.05, 3.63) is 23.3 Å². The molecule has 1 aliphatic rings. The molecular weight excluding hydrogens is 268 g/mol. The van der Waals surface area contributed by atoms with Crippen molar-refractivity contribution in [3.63, 3.8) is 0 Å². The number of hydrogen-bond donors (Lipinski definition) is 0. The molecule has 0 saturated heterocycles. The van der Waals surface area contributed by atoms with E-state index in [0.717, 1.165) is 11.5 Å². The molecule has 0 saturated carbocycles. The molecule has 1 aromatic rings. The van der Waals surface area contributed by atoms with Crippen LogP contribution in [0.1, 0.15) is 35.7 Å². The van der Waals surface area contributed by atoms with Crippen LogP contribution in [0.15, 0.2) is 12.1 Å². The standard InChI is InChI=1S/C13H17BrO2/c1-7-8(2)13(14)12-10(16-4)6-5-9(15-3)11(7)12/h5-8,13H,1-4H3. The molecule has 0 N–H and O–H groups in total. The Morgan fingerprint density at radius 3 is 2.00 bits per heavy atom. The van der Waals surface area contributed by atoms with Crippen molar-refractivity contribution in [1.82, 2.24) is 0 Å². The second-order valence-corrected chi connectivity index (χ2v) is 5.33. The summed E-state index contributed by atoms with van der Waals surface area (Å²) in [6.45, 7) is 4.50. The molecule has 0 fully saturated rings. The van der Waals surface area contributed by atoms with Gasteiger partial charge in [0, 0.05) is 16.0 Å². The molecule has 0 amide bonds. The molecule has 88 valence electrons. The Labute approximate surface area is 105 Å². The first kappa shape index (κ1) is 11.8. The molecule has 3 atom stereocenters. The van der Waals surface area contributed by atoms with Crippen molar-refractivity contribution in [3.8, 4) is 11.5 Å². The predicted molar refractivity (Wildman–Crippen MR) is 68.8 cm³/mol. The Balaban J connectivity index is 2.64. The lowest BCUT2D eigenvalue weighted by atomic mass is 9.96. The van der Waals surface area contributed by atoms with Crippen molar-refractivity contribution in [2.24, 2.45) is 5.92 Å². The molecule has 0 aromatic heterocycles. The van der Waals surface area contributed by atoms with Crippen molar-refractivity contribution >= 4 is 15.9 Å². The molecule has 3 unspecified atom stereocenters. The minimum Gasteiger partial charge on any atom is -0.496 e. The van der Waals surface area contributed by atoms with Gasteiger partial charge in [0.1, 0.15) is 11.5 Å². The van der Waals surface area contributed by atoms with E-state index in [9.17, 15) is 0 Å². The lowest BCUT2D eigenvalue weighted by molar-refractivity contribution is 0.396. The largest absolute Gasteiger partial charge is 0.496 e. The van der Waals surface area contributed by atoms with Gasteiger partial charge in [-0.2, -0.15) is 0 Å². The average molecular weight is 285 g/mol. The zero-order valence-corrected chi connectivity index (χ0v) is 11.7. The van der Waals surface area contributed by atoms with Gasteiger partial charge in [-0.15, -0.1) is 0 Å². The Morgan fingerprint density at radius 2 is 1.50 bits per heavy atom. The molecule has 0 bridgehead atoms. The molecule has 2 nitrogen and oxygen atoms in total. The van der Waals surface area contributed by atoms with Crippen LogP contribution in [0.25, 0.3) is 0 Å². The second-order valence-electron chi connectivity index (χ2n) is 4.35. The maximum atomic E-state index is 5.45. The van der Waals surface area contributed by atoms with Crippen molar-refractivity contribution < 1.29 is 9.47 Å². The van der Waals surface area contributed by atoms with E-state index >= 15 is 0 Å². The van der Waals surface area contributed by atoms with Gasteiger partial charge in [-0.3, -0.25) is 0 Å². The fourth-order valence-electron chi connectivity index (χ4n) is 2.49.